The fourth-order valence-electron chi connectivity index (χ4n) is 3.64. The summed E-state index contributed by atoms with van der Waals surface area (Å²) in [6.07, 6.45) is 0. The summed E-state index contributed by atoms with van der Waals surface area (Å²) in [6.45, 7) is 0. The maximum atomic E-state index is 2.30. The molecule has 2 nitrogen and oxygen atoms in total. The molecule has 0 aliphatic carbocycles. The summed E-state index contributed by atoms with van der Waals surface area (Å²) in [5, 5.41) is 4.60. The normalized spacial score (nSPS) is 12.5. The maximum absolute atomic E-state index is 2.30. The first-order valence-electron chi connectivity index (χ1n) is 8.82. The number of fused-ring (bicyclic) bond motifs is 3. The monoisotopic (exact) mass is 334 g/mol. The van der Waals surface area contributed by atoms with Gasteiger partial charge < -0.3 is 0 Å². The molecule has 1 aliphatic heterocycles. The number of hydrogen-bond acceptors (Lipinski definition) is 2. The average molecular weight is 334 g/mol. The SMILES string of the molecule is c1ccc(N2c3ccccc3-c3ccccc3N2c2ccccc2)cc1. The Labute approximate surface area is 153 Å². The molecule has 0 spiro atoms. The van der Waals surface area contributed by atoms with Crippen LogP contribution in [-0.4, -0.2) is 0 Å². The van der Waals surface area contributed by atoms with Crippen LogP contribution in [0.2, 0.25) is 0 Å². The van der Waals surface area contributed by atoms with E-state index in [1.54, 1.807) is 0 Å². The Morgan fingerprint density at radius 2 is 0.692 bits per heavy atom. The van der Waals surface area contributed by atoms with Gasteiger partial charge in [0.1, 0.15) is 0 Å². The van der Waals surface area contributed by atoms with Crippen molar-refractivity contribution in [2.45, 2.75) is 0 Å². The van der Waals surface area contributed by atoms with Crippen molar-refractivity contribution in [3.8, 4) is 11.1 Å². The predicted molar refractivity (Wildman–Crippen MR) is 109 cm³/mol. The standard InChI is InChI=1S/C24H18N2/c1-3-11-19(12-4-1)25-23-17-9-7-15-21(23)22-16-8-10-18-24(22)26(25)20-13-5-2-6-14-20/h1-18H. The highest BCUT2D eigenvalue weighted by molar-refractivity contribution is 5.97. The fourth-order valence-corrected chi connectivity index (χ4v) is 3.64. The highest BCUT2D eigenvalue weighted by Crippen LogP contribution is 2.49. The van der Waals surface area contributed by atoms with Gasteiger partial charge in [0.2, 0.25) is 0 Å². The number of hydrogen-bond donors (Lipinski definition) is 0. The second kappa shape index (κ2) is 6.08. The average Bonchev–Trinajstić information content (AvgIpc) is 2.74. The second-order valence-corrected chi connectivity index (χ2v) is 6.33. The number of nitrogens with zero attached hydrogens (tertiary/aromatic N) is 2. The van der Waals surface area contributed by atoms with Crippen molar-refractivity contribution in [3.63, 3.8) is 0 Å². The molecule has 0 amide bonds. The first kappa shape index (κ1) is 14.8. The van der Waals surface area contributed by atoms with Crippen LogP contribution in [0.15, 0.2) is 109 Å². The van der Waals surface area contributed by atoms with Crippen LogP contribution in [0.5, 0.6) is 0 Å². The minimum absolute atomic E-state index is 1.14. The summed E-state index contributed by atoms with van der Waals surface area (Å²) >= 11 is 0. The molecule has 4 aromatic carbocycles. The zero-order chi connectivity index (χ0) is 17.3. The van der Waals surface area contributed by atoms with Crippen LogP contribution in [0.4, 0.5) is 22.7 Å². The summed E-state index contributed by atoms with van der Waals surface area (Å²) < 4.78 is 0. The predicted octanol–water partition coefficient (Wildman–Crippen LogP) is 6.56. The lowest BCUT2D eigenvalue weighted by Crippen LogP contribution is -2.38. The minimum Gasteiger partial charge on any atom is -0.248 e. The molecule has 4 aromatic rings. The van der Waals surface area contributed by atoms with Gasteiger partial charge in [0.05, 0.1) is 22.7 Å². The molecule has 0 aromatic heterocycles. The molecule has 26 heavy (non-hydrogen) atoms. The van der Waals surface area contributed by atoms with Crippen LogP contribution in [0, 0.1) is 0 Å². The smallest absolute Gasteiger partial charge is 0.0716 e. The molecule has 124 valence electrons. The Kier molecular flexibility index (Phi) is 3.46. The van der Waals surface area contributed by atoms with Gasteiger partial charge in [0, 0.05) is 11.1 Å². The van der Waals surface area contributed by atoms with Gasteiger partial charge in [0.15, 0.2) is 0 Å². The van der Waals surface area contributed by atoms with Gasteiger partial charge in [-0.1, -0.05) is 72.8 Å². The van der Waals surface area contributed by atoms with Crippen molar-refractivity contribution in [1.29, 1.82) is 0 Å². The molecule has 0 fully saturated rings. The van der Waals surface area contributed by atoms with E-state index in [0.29, 0.717) is 0 Å². The summed E-state index contributed by atoms with van der Waals surface area (Å²) in [5.74, 6) is 0. The summed E-state index contributed by atoms with van der Waals surface area (Å²) in [7, 11) is 0. The van der Waals surface area contributed by atoms with E-state index in [1.165, 1.54) is 22.5 Å². The highest BCUT2D eigenvalue weighted by atomic mass is 15.6. The lowest BCUT2D eigenvalue weighted by Gasteiger charge is -2.43. The lowest BCUT2D eigenvalue weighted by atomic mass is 9.98. The summed E-state index contributed by atoms with van der Waals surface area (Å²) in [5.41, 5.74) is 7.14. The number of hydrazine groups is 1. The quantitative estimate of drug-likeness (QED) is 0.409. The fraction of sp³-hybridized carbons (Fsp3) is 0. The minimum atomic E-state index is 1.14. The van der Waals surface area contributed by atoms with Gasteiger partial charge >= 0.3 is 0 Å². The molecule has 0 bridgehead atoms. The van der Waals surface area contributed by atoms with Crippen LogP contribution in [0.3, 0.4) is 0 Å². The Morgan fingerprint density at radius 1 is 0.346 bits per heavy atom. The van der Waals surface area contributed by atoms with Crippen molar-refractivity contribution in [1.82, 2.24) is 0 Å². The van der Waals surface area contributed by atoms with Gasteiger partial charge in [-0.2, -0.15) is 0 Å². The van der Waals surface area contributed by atoms with E-state index in [4.69, 9.17) is 0 Å². The topological polar surface area (TPSA) is 6.48 Å². The Balaban J connectivity index is 1.83. The molecule has 2 heteroatoms. The van der Waals surface area contributed by atoms with Gasteiger partial charge in [-0.3, -0.25) is 0 Å². The van der Waals surface area contributed by atoms with E-state index in [-0.39, 0.29) is 0 Å². The third-order valence-corrected chi connectivity index (χ3v) is 4.76. The molecule has 5 rings (SSSR count). The Bertz CT molecular complexity index is 955. The molecular weight excluding hydrogens is 316 g/mol. The van der Waals surface area contributed by atoms with Crippen LogP contribution in [0.25, 0.3) is 11.1 Å². The molecule has 0 saturated heterocycles. The molecular formula is C24H18N2. The van der Waals surface area contributed by atoms with E-state index < -0.39 is 0 Å². The van der Waals surface area contributed by atoms with Gasteiger partial charge in [0.25, 0.3) is 0 Å². The van der Waals surface area contributed by atoms with Crippen LogP contribution >= 0.6 is 0 Å². The maximum Gasteiger partial charge on any atom is 0.0716 e. The number of rotatable bonds is 2. The van der Waals surface area contributed by atoms with E-state index >= 15 is 0 Å². The summed E-state index contributed by atoms with van der Waals surface area (Å²) in [4.78, 5) is 0. The number of anilines is 4. The molecule has 0 saturated carbocycles. The van der Waals surface area contributed by atoms with E-state index in [1.807, 2.05) is 0 Å². The Hall–Kier alpha value is -3.52. The second-order valence-electron chi connectivity index (χ2n) is 6.33. The molecule has 1 heterocycles. The zero-order valence-electron chi connectivity index (χ0n) is 14.3. The van der Waals surface area contributed by atoms with Crippen LogP contribution in [0.1, 0.15) is 0 Å². The van der Waals surface area contributed by atoms with E-state index in [2.05, 4.69) is 119 Å². The van der Waals surface area contributed by atoms with Crippen LogP contribution < -0.4 is 10.0 Å². The molecule has 0 unspecified atom stereocenters. The Morgan fingerprint density at radius 3 is 1.12 bits per heavy atom. The molecule has 1 aliphatic rings. The third kappa shape index (κ3) is 2.27. The first-order chi connectivity index (χ1) is 12.9. The highest BCUT2D eigenvalue weighted by Gasteiger charge is 2.30. The van der Waals surface area contributed by atoms with Gasteiger partial charge in [-0.15, -0.1) is 0 Å². The largest absolute Gasteiger partial charge is 0.248 e. The van der Waals surface area contributed by atoms with Crippen molar-refractivity contribution < 1.29 is 0 Å². The van der Waals surface area contributed by atoms with Crippen LogP contribution in [-0.2, 0) is 0 Å². The lowest BCUT2D eigenvalue weighted by molar-refractivity contribution is 0.979. The number of para-hydroxylation sites is 4. The van der Waals surface area contributed by atoms with Crippen molar-refractivity contribution >= 4 is 22.7 Å². The molecule has 0 radical (unpaired) electrons. The third-order valence-electron chi connectivity index (χ3n) is 4.76. The van der Waals surface area contributed by atoms with E-state index in [0.717, 1.165) is 11.4 Å². The first-order valence-corrected chi connectivity index (χ1v) is 8.82. The van der Waals surface area contributed by atoms with Gasteiger partial charge in [-0.05, 0) is 36.4 Å². The van der Waals surface area contributed by atoms with E-state index in [9.17, 15) is 0 Å². The zero-order valence-corrected chi connectivity index (χ0v) is 14.3. The molecule has 0 atom stereocenters. The van der Waals surface area contributed by atoms with Gasteiger partial charge in [-0.25, -0.2) is 10.0 Å². The van der Waals surface area contributed by atoms with Crippen molar-refractivity contribution in [2.75, 3.05) is 10.0 Å². The molecule has 0 N–H and O–H groups in total. The summed E-state index contributed by atoms with van der Waals surface area (Å²) in [6, 6.07) is 38.3. The van der Waals surface area contributed by atoms with Crippen molar-refractivity contribution in [2.24, 2.45) is 0 Å². The van der Waals surface area contributed by atoms with Crippen molar-refractivity contribution in [3.05, 3.63) is 109 Å². The number of benzene rings is 4.